The van der Waals surface area contributed by atoms with Crippen LogP contribution in [-0.4, -0.2) is 35.2 Å². The number of hydrogen-bond donors (Lipinski definition) is 2. The molecule has 0 aromatic carbocycles. The first-order valence-corrected chi connectivity index (χ1v) is 4.80. The van der Waals surface area contributed by atoms with Gasteiger partial charge in [-0.25, -0.2) is 0 Å². The standard InChI is InChI=1S/C5H6F4O5S/c6-4(7,2-1-3(10)11)5(8,9)15(12,13)14/h1-2H2,(H,10,11)(H,12,13,14). The molecule has 0 aromatic heterocycles. The number of carbonyl (C=O) groups is 1. The van der Waals surface area contributed by atoms with Crippen LogP contribution in [0.1, 0.15) is 12.8 Å². The summed E-state index contributed by atoms with van der Waals surface area (Å²) in [6, 6.07) is 0. The third-order valence-electron chi connectivity index (χ3n) is 1.40. The van der Waals surface area contributed by atoms with E-state index in [0.717, 1.165) is 0 Å². The van der Waals surface area contributed by atoms with Gasteiger partial charge in [-0.1, -0.05) is 0 Å². The van der Waals surface area contributed by atoms with Gasteiger partial charge in [-0.3, -0.25) is 9.35 Å². The van der Waals surface area contributed by atoms with E-state index in [1.54, 1.807) is 0 Å². The van der Waals surface area contributed by atoms with Gasteiger partial charge in [0.05, 0.1) is 6.42 Å². The molecule has 0 atom stereocenters. The van der Waals surface area contributed by atoms with Gasteiger partial charge in [0.1, 0.15) is 0 Å². The van der Waals surface area contributed by atoms with Crippen LogP contribution in [0.2, 0.25) is 0 Å². The highest BCUT2D eigenvalue weighted by molar-refractivity contribution is 7.87. The summed E-state index contributed by atoms with van der Waals surface area (Å²) in [6.07, 6.45) is -3.24. The predicted octanol–water partition coefficient (Wildman–Crippen LogP) is 0.967. The zero-order valence-corrected chi connectivity index (χ0v) is 7.77. The van der Waals surface area contributed by atoms with E-state index in [4.69, 9.17) is 9.66 Å². The summed E-state index contributed by atoms with van der Waals surface area (Å²) in [5, 5.41) is 2.26. The summed E-state index contributed by atoms with van der Waals surface area (Å²) < 4.78 is 77.5. The Hall–Kier alpha value is -0.900. The molecule has 0 heterocycles. The maximum atomic E-state index is 12.5. The van der Waals surface area contributed by atoms with E-state index in [9.17, 15) is 30.8 Å². The third kappa shape index (κ3) is 3.02. The lowest BCUT2D eigenvalue weighted by Gasteiger charge is -2.22. The number of halogens is 4. The minimum atomic E-state index is -6.28. The van der Waals surface area contributed by atoms with Gasteiger partial charge in [0, 0.05) is 6.42 Å². The minimum absolute atomic E-state index is 1.35. The largest absolute Gasteiger partial charge is 0.481 e. The molecular weight excluding hydrogens is 248 g/mol. The van der Waals surface area contributed by atoms with Crippen molar-refractivity contribution in [2.75, 3.05) is 0 Å². The van der Waals surface area contributed by atoms with E-state index in [-0.39, 0.29) is 0 Å². The highest BCUT2D eigenvalue weighted by Crippen LogP contribution is 2.41. The Morgan fingerprint density at radius 2 is 1.60 bits per heavy atom. The van der Waals surface area contributed by atoms with Gasteiger partial charge < -0.3 is 5.11 Å². The molecule has 0 fully saturated rings. The molecule has 0 spiro atoms. The molecule has 0 aliphatic carbocycles. The van der Waals surface area contributed by atoms with Gasteiger partial charge >= 0.3 is 27.3 Å². The Morgan fingerprint density at radius 3 is 1.87 bits per heavy atom. The first kappa shape index (κ1) is 14.1. The number of aliphatic carboxylic acids is 1. The van der Waals surface area contributed by atoms with Crippen LogP contribution in [0.4, 0.5) is 17.6 Å². The Balaban J connectivity index is 4.94. The Morgan fingerprint density at radius 1 is 1.20 bits per heavy atom. The number of carboxylic acids is 1. The van der Waals surface area contributed by atoms with Gasteiger partial charge in [0.15, 0.2) is 0 Å². The molecule has 15 heavy (non-hydrogen) atoms. The summed E-state index contributed by atoms with van der Waals surface area (Å²) in [5.41, 5.74) is 0. The van der Waals surface area contributed by atoms with Gasteiger partial charge in [-0.15, -0.1) is 0 Å². The molecule has 10 heteroatoms. The zero-order valence-electron chi connectivity index (χ0n) is 6.95. The molecule has 0 aliphatic rings. The first-order valence-electron chi connectivity index (χ1n) is 3.36. The van der Waals surface area contributed by atoms with Crippen molar-refractivity contribution in [2.24, 2.45) is 0 Å². The number of alkyl halides is 4. The molecular formula is C5H6F4O5S. The summed E-state index contributed by atoms with van der Waals surface area (Å²) in [6.45, 7) is 0. The van der Waals surface area contributed by atoms with Gasteiger partial charge in [-0.05, 0) is 0 Å². The van der Waals surface area contributed by atoms with Crippen LogP contribution >= 0.6 is 0 Å². The van der Waals surface area contributed by atoms with Gasteiger partial charge in [0.2, 0.25) is 0 Å². The normalized spacial score (nSPS) is 13.9. The van der Waals surface area contributed by atoms with E-state index in [2.05, 4.69) is 0 Å². The molecule has 0 unspecified atom stereocenters. The second-order valence-electron chi connectivity index (χ2n) is 2.59. The second kappa shape index (κ2) is 3.93. The van der Waals surface area contributed by atoms with Crippen LogP contribution in [0.25, 0.3) is 0 Å². The topological polar surface area (TPSA) is 91.7 Å². The fraction of sp³-hybridized carbons (Fsp3) is 0.800. The van der Waals surface area contributed by atoms with Crippen molar-refractivity contribution in [3.05, 3.63) is 0 Å². The van der Waals surface area contributed by atoms with Gasteiger partial charge in [-0.2, -0.15) is 26.0 Å². The molecule has 5 nitrogen and oxygen atoms in total. The fourth-order valence-electron chi connectivity index (χ4n) is 0.598. The summed E-state index contributed by atoms with van der Waals surface area (Å²) in [7, 11) is -6.28. The van der Waals surface area contributed by atoms with Crippen LogP contribution in [0.15, 0.2) is 0 Å². The molecule has 0 amide bonds. The summed E-state index contributed by atoms with van der Waals surface area (Å²) in [5.74, 6) is -6.93. The average Bonchev–Trinajstić information content (AvgIpc) is 1.98. The van der Waals surface area contributed by atoms with Crippen molar-refractivity contribution in [1.29, 1.82) is 0 Å². The predicted molar refractivity (Wildman–Crippen MR) is 38.3 cm³/mol. The lowest BCUT2D eigenvalue weighted by molar-refractivity contribution is -0.169. The van der Waals surface area contributed by atoms with Gasteiger partial charge in [0.25, 0.3) is 0 Å². The first-order chi connectivity index (χ1) is 6.42. The summed E-state index contributed by atoms with van der Waals surface area (Å²) >= 11 is 0. The SMILES string of the molecule is O=C(O)CCC(F)(F)C(F)(F)S(=O)(=O)O. The fourth-order valence-corrected chi connectivity index (χ4v) is 1.08. The number of carboxylic acid groups (broad SMARTS) is 1. The highest BCUT2D eigenvalue weighted by atomic mass is 32.2. The van der Waals surface area contributed by atoms with Crippen molar-refractivity contribution in [3.63, 3.8) is 0 Å². The Kier molecular flexibility index (Phi) is 3.69. The number of rotatable bonds is 5. The van der Waals surface area contributed by atoms with Crippen LogP contribution in [0.3, 0.4) is 0 Å². The smallest absolute Gasteiger partial charge is 0.431 e. The molecule has 0 bridgehead atoms. The van der Waals surface area contributed by atoms with E-state index in [1.807, 2.05) is 0 Å². The second-order valence-corrected chi connectivity index (χ2v) is 4.05. The van der Waals surface area contributed by atoms with Crippen LogP contribution in [0, 0.1) is 0 Å². The maximum Gasteiger partial charge on any atom is 0.431 e. The number of hydrogen-bond acceptors (Lipinski definition) is 3. The molecule has 0 radical (unpaired) electrons. The van der Waals surface area contributed by atoms with E-state index in [0.29, 0.717) is 0 Å². The maximum absolute atomic E-state index is 12.5. The molecule has 2 N–H and O–H groups in total. The zero-order chi connectivity index (χ0) is 12.5. The Labute approximate surface area is 81.4 Å². The highest BCUT2D eigenvalue weighted by Gasteiger charge is 2.65. The third-order valence-corrected chi connectivity index (χ3v) is 2.35. The van der Waals surface area contributed by atoms with Crippen molar-refractivity contribution in [3.8, 4) is 0 Å². The van der Waals surface area contributed by atoms with Crippen LogP contribution < -0.4 is 0 Å². The van der Waals surface area contributed by atoms with Crippen molar-refractivity contribution >= 4 is 16.1 Å². The molecule has 0 saturated heterocycles. The van der Waals surface area contributed by atoms with Crippen LogP contribution in [-0.2, 0) is 14.9 Å². The summed E-state index contributed by atoms with van der Waals surface area (Å²) in [4.78, 5) is 9.83. The molecule has 0 saturated carbocycles. The quantitative estimate of drug-likeness (QED) is 0.563. The Bertz CT molecular complexity index is 348. The molecule has 90 valence electrons. The van der Waals surface area contributed by atoms with Crippen LogP contribution in [0.5, 0.6) is 0 Å². The average molecular weight is 254 g/mol. The van der Waals surface area contributed by atoms with Crippen molar-refractivity contribution in [1.82, 2.24) is 0 Å². The van der Waals surface area contributed by atoms with Crippen molar-refractivity contribution < 1.29 is 40.4 Å². The lowest BCUT2D eigenvalue weighted by Crippen LogP contribution is -2.46. The van der Waals surface area contributed by atoms with E-state index >= 15 is 0 Å². The minimum Gasteiger partial charge on any atom is -0.481 e. The molecule has 0 aromatic rings. The lowest BCUT2D eigenvalue weighted by atomic mass is 10.2. The van der Waals surface area contributed by atoms with E-state index < -0.39 is 40.1 Å². The molecule has 0 rings (SSSR count). The van der Waals surface area contributed by atoms with E-state index in [1.165, 1.54) is 0 Å². The molecule has 0 aliphatic heterocycles. The monoisotopic (exact) mass is 254 g/mol. The van der Waals surface area contributed by atoms with Crippen molar-refractivity contribution in [2.45, 2.75) is 24.0 Å².